The number of aliphatic hydroxyl groups is 1. The number of rotatable bonds is 4. The second-order valence-corrected chi connectivity index (χ2v) is 5.85. The van der Waals surface area contributed by atoms with Crippen LogP contribution >= 0.6 is 0 Å². The maximum absolute atomic E-state index is 9.95. The van der Waals surface area contributed by atoms with Crippen LogP contribution in [0.4, 0.5) is 5.82 Å². The first-order valence-electron chi connectivity index (χ1n) is 6.78. The Hall–Kier alpha value is -1.13. The van der Waals surface area contributed by atoms with Crippen LogP contribution in [0.5, 0.6) is 0 Å². The molecule has 1 aliphatic heterocycles. The van der Waals surface area contributed by atoms with E-state index < -0.39 is 5.60 Å². The summed E-state index contributed by atoms with van der Waals surface area (Å²) in [6.07, 6.45) is 5.39. The minimum Gasteiger partial charge on any atom is -0.388 e. The van der Waals surface area contributed by atoms with Gasteiger partial charge in [0.2, 0.25) is 0 Å². The van der Waals surface area contributed by atoms with Crippen molar-refractivity contribution in [3.05, 3.63) is 23.9 Å². The first-order valence-corrected chi connectivity index (χ1v) is 6.78. The number of anilines is 1. The quantitative estimate of drug-likeness (QED) is 0.842. The molecule has 0 aromatic carbocycles. The van der Waals surface area contributed by atoms with Crippen molar-refractivity contribution in [2.75, 3.05) is 18.0 Å². The van der Waals surface area contributed by atoms with E-state index in [4.69, 9.17) is 0 Å². The molecule has 1 saturated heterocycles. The number of aromatic nitrogens is 1. The molecule has 2 heterocycles. The van der Waals surface area contributed by atoms with E-state index in [1.165, 1.54) is 18.4 Å². The highest BCUT2D eigenvalue weighted by Crippen LogP contribution is 2.25. The lowest BCUT2D eigenvalue weighted by Crippen LogP contribution is -2.30. The topological polar surface area (TPSA) is 48.4 Å². The van der Waals surface area contributed by atoms with E-state index in [-0.39, 0.29) is 0 Å². The molecule has 1 aliphatic carbocycles. The van der Waals surface area contributed by atoms with Crippen LogP contribution in [-0.2, 0) is 6.54 Å². The van der Waals surface area contributed by atoms with Gasteiger partial charge in [0.05, 0.1) is 5.60 Å². The zero-order chi connectivity index (χ0) is 12.6. The maximum Gasteiger partial charge on any atom is 0.128 e. The normalized spacial score (nSPS) is 27.8. The Morgan fingerprint density at radius 1 is 1.50 bits per heavy atom. The Balaban J connectivity index is 1.60. The number of hydrogen-bond donors (Lipinski definition) is 2. The van der Waals surface area contributed by atoms with Crippen LogP contribution in [0.2, 0.25) is 0 Å². The van der Waals surface area contributed by atoms with Gasteiger partial charge in [0.1, 0.15) is 5.82 Å². The van der Waals surface area contributed by atoms with Gasteiger partial charge in [-0.05, 0) is 37.8 Å². The summed E-state index contributed by atoms with van der Waals surface area (Å²) < 4.78 is 0. The first-order chi connectivity index (χ1) is 8.62. The third-order valence-electron chi connectivity index (χ3n) is 3.76. The summed E-state index contributed by atoms with van der Waals surface area (Å²) >= 11 is 0. The van der Waals surface area contributed by atoms with Gasteiger partial charge in [0.25, 0.3) is 0 Å². The summed E-state index contributed by atoms with van der Waals surface area (Å²) in [5, 5.41) is 13.4. The summed E-state index contributed by atoms with van der Waals surface area (Å²) in [5.41, 5.74) is 0.671. The Morgan fingerprint density at radius 3 is 2.89 bits per heavy atom. The van der Waals surface area contributed by atoms with Gasteiger partial charge in [-0.1, -0.05) is 6.07 Å². The lowest BCUT2D eigenvalue weighted by atomic mass is 10.1. The molecule has 3 rings (SSSR count). The molecular weight excluding hydrogens is 226 g/mol. The summed E-state index contributed by atoms with van der Waals surface area (Å²) in [6, 6.07) is 4.93. The largest absolute Gasteiger partial charge is 0.388 e. The minimum atomic E-state index is -0.562. The van der Waals surface area contributed by atoms with E-state index in [1.807, 2.05) is 13.1 Å². The van der Waals surface area contributed by atoms with Gasteiger partial charge in [-0.3, -0.25) is 0 Å². The first kappa shape index (κ1) is 11.9. The third-order valence-corrected chi connectivity index (χ3v) is 3.76. The fourth-order valence-electron chi connectivity index (χ4n) is 2.40. The van der Waals surface area contributed by atoms with E-state index in [1.54, 1.807) is 0 Å². The molecule has 1 saturated carbocycles. The molecular formula is C14H21N3O. The highest BCUT2D eigenvalue weighted by molar-refractivity contribution is 5.41. The van der Waals surface area contributed by atoms with Crippen LogP contribution in [0, 0.1) is 0 Å². The fraction of sp³-hybridized carbons (Fsp3) is 0.643. The standard InChI is InChI=1S/C14H21N3O/c1-14(18)6-7-17(10-14)13-5-2-11(9-16-13)8-15-12-3-4-12/h2,5,9,12,15,18H,3-4,6-8,10H2,1H3. The van der Waals surface area contributed by atoms with Crippen molar-refractivity contribution in [1.29, 1.82) is 0 Å². The monoisotopic (exact) mass is 247 g/mol. The zero-order valence-electron chi connectivity index (χ0n) is 10.9. The number of hydrogen-bond acceptors (Lipinski definition) is 4. The third kappa shape index (κ3) is 2.82. The summed E-state index contributed by atoms with van der Waals surface area (Å²) in [5.74, 6) is 0.975. The molecule has 4 nitrogen and oxygen atoms in total. The van der Waals surface area contributed by atoms with Crippen LogP contribution in [0.25, 0.3) is 0 Å². The van der Waals surface area contributed by atoms with E-state index in [2.05, 4.69) is 27.3 Å². The minimum absolute atomic E-state index is 0.562. The van der Waals surface area contributed by atoms with Crippen molar-refractivity contribution in [2.45, 2.75) is 44.4 Å². The average molecular weight is 247 g/mol. The van der Waals surface area contributed by atoms with Crippen molar-refractivity contribution in [3.63, 3.8) is 0 Å². The molecule has 98 valence electrons. The molecule has 1 aromatic rings. The molecule has 18 heavy (non-hydrogen) atoms. The summed E-state index contributed by atoms with van der Waals surface area (Å²) in [6.45, 7) is 4.37. The van der Waals surface area contributed by atoms with Gasteiger partial charge >= 0.3 is 0 Å². The molecule has 1 aromatic heterocycles. The molecule has 2 N–H and O–H groups in total. The van der Waals surface area contributed by atoms with Crippen LogP contribution in [0.15, 0.2) is 18.3 Å². The number of pyridine rings is 1. The van der Waals surface area contributed by atoms with Crippen molar-refractivity contribution in [2.24, 2.45) is 0 Å². The van der Waals surface area contributed by atoms with E-state index in [0.29, 0.717) is 6.54 Å². The van der Waals surface area contributed by atoms with Crippen LogP contribution in [0.1, 0.15) is 31.7 Å². The average Bonchev–Trinajstić information content (AvgIpc) is 3.11. The van der Waals surface area contributed by atoms with Gasteiger partial charge in [0.15, 0.2) is 0 Å². The predicted octanol–water partition coefficient (Wildman–Crippen LogP) is 1.29. The highest BCUT2D eigenvalue weighted by Gasteiger charge is 2.31. The van der Waals surface area contributed by atoms with Crippen molar-refractivity contribution in [1.82, 2.24) is 10.3 Å². The van der Waals surface area contributed by atoms with Gasteiger partial charge in [-0.15, -0.1) is 0 Å². The second-order valence-electron chi connectivity index (χ2n) is 5.85. The lowest BCUT2D eigenvalue weighted by molar-refractivity contribution is 0.0839. The smallest absolute Gasteiger partial charge is 0.128 e. The van der Waals surface area contributed by atoms with Gasteiger partial charge in [-0.25, -0.2) is 4.98 Å². The van der Waals surface area contributed by atoms with Crippen molar-refractivity contribution < 1.29 is 5.11 Å². The Bertz CT molecular complexity index is 412. The van der Waals surface area contributed by atoms with Gasteiger partial charge < -0.3 is 15.3 Å². The van der Waals surface area contributed by atoms with Crippen molar-refractivity contribution >= 4 is 5.82 Å². The lowest BCUT2D eigenvalue weighted by Gasteiger charge is -2.19. The Kier molecular flexibility index (Phi) is 2.99. The molecule has 0 spiro atoms. The Labute approximate surface area is 108 Å². The maximum atomic E-state index is 9.95. The van der Waals surface area contributed by atoms with Crippen LogP contribution in [0.3, 0.4) is 0 Å². The van der Waals surface area contributed by atoms with Gasteiger partial charge in [-0.2, -0.15) is 0 Å². The SMILES string of the molecule is CC1(O)CCN(c2ccc(CNC3CC3)cn2)C1. The molecule has 2 fully saturated rings. The molecule has 4 heteroatoms. The highest BCUT2D eigenvalue weighted by atomic mass is 16.3. The molecule has 0 radical (unpaired) electrons. The second kappa shape index (κ2) is 4.52. The fourth-order valence-corrected chi connectivity index (χ4v) is 2.40. The molecule has 0 bridgehead atoms. The summed E-state index contributed by atoms with van der Waals surface area (Å²) in [7, 11) is 0. The van der Waals surface area contributed by atoms with E-state index in [9.17, 15) is 5.11 Å². The molecule has 2 aliphatic rings. The summed E-state index contributed by atoms with van der Waals surface area (Å²) in [4.78, 5) is 6.65. The number of β-amino-alcohol motifs (C(OH)–C–C–N with tert-alkyl or cyclic N) is 1. The van der Waals surface area contributed by atoms with E-state index >= 15 is 0 Å². The number of nitrogens with one attached hydrogen (secondary N) is 1. The Morgan fingerprint density at radius 2 is 2.33 bits per heavy atom. The number of nitrogens with zero attached hydrogens (tertiary/aromatic N) is 2. The van der Waals surface area contributed by atoms with Crippen LogP contribution in [-0.4, -0.2) is 34.8 Å². The molecule has 1 unspecified atom stereocenters. The zero-order valence-corrected chi connectivity index (χ0v) is 10.9. The van der Waals surface area contributed by atoms with Crippen LogP contribution < -0.4 is 10.2 Å². The predicted molar refractivity (Wildman–Crippen MR) is 71.6 cm³/mol. The molecule has 0 amide bonds. The van der Waals surface area contributed by atoms with Gasteiger partial charge in [0, 0.05) is 31.9 Å². The van der Waals surface area contributed by atoms with E-state index in [0.717, 1.165) is 31.4 Å². The van der Waals surface area contributed by atoms with Crippen molar-refractivity contribution in [3.8, 4) is 0 Å². The molecule has 1 atom stereocenters.